The molecule has 0 saturated carbocycles. The summed E-state index contributed by atoms with van der Waals surface area (Å²) in [6, 6.07) is 6.07. The highest BCUT2D eigenvalue weighted by atomic mass is 16.3. The lowest BCUT2D eigenvalue weighted by molar-refractivity contribution is 0.163. The molecule has 0 fully saturated rings. The summed E-state index contributed by atoms with van der Waals surface area (Å²) in [6.07, 6.45) is 1.52. The molecular formula is C15H22N2O. The normalized spacial score (nSPS) is 14.1. The largest absolute Gasteiger partial charge is 0.387 e. The lowest BCUT2D eigenvalue weighted by Crippen LogP contribution is -2.38. The lowest BCUT2D eigenvalue weighted by atomic mass is 10.0. The van der Waals surface area contributed by atoms with Gasteiger partial charge >= 0.3 is 0 Å². The van der Waals surface area contributed by atoms with E-state index < -0.39 is 6.10 Å². The van der Waals surface area contributed by atoms with Crippen LogP contribution in [0.2, 0.25) is 0 Å². The van der Waals surface area contributed by atoms with Crippen molar-refractivity contribution in [2.45, 2.75) is 39.3 Å². The molecule has 0 saturated heterocycles. The molecule has 0 aliphatic carbocycles. The van der Waals surface area contributed by atoms with E-state index in [1.54, 1.807) is 0 Å². The van der Waals surface area contributed by atoms with Crippen molar-refractivity contribution >= 4 is 10.9 Å². The zero-order valence-corrected chi connectivity index (χ0v) is 11.5. The number of aromatic amines is 1. The first-order valence-corrected chi connectivity index (χ1v) is 6.37. The van der Waals surface area contributed by atoms with Crippen LogP contribution in [0.25, 0.3) is 10.9 Å². The number of aliphatic hydroxyl groups is 1. The number of aryl methyl sites for hydroxylation is 1. The Morgan fingerprint density at radius 1 is 1.33 bits per heavy atom. The van der Waals surface area contributed by atoms with E-state index in [1.807, 2.05) is 18.3 Å². The SMILES string of the molecule is Cc1c[nH]c2ccc([C@@H](O)CNC(C)(C)C)cc12. The number of rotatable bonds is 3. The minimum atomic E-state index is -0.470. The predicted molar refractivity (Wildman–Crippen MR) is 75.8 cm³/mol. The fourth-order valence-corrected chi connectivity index (χ4v) is 2.01. The van der Waals surface area contributed by atoms with E-state index in [0.717, 1.165) is 11.1 Å². The summed E-state index contributed by atoms with van der Waals surface area (Å²) in [5, 5.41) is 14.7. The van der Waals surface area contributed by atoms with E-state index in [4.69, 9.17) is 0 Å². The van der Waals surface area contributed by atoms with Gasteiger partial charge in [0, 0.05) is 29.2 Å². The zero-order valence-electron chi connectivity index (χ0n) is 11.5. The highest BCUT2D eigenvalue weighted by molar-refractivity contribution is 5.83. The van der Waals surface area contributed by atoms with Crippen LogP contribution in [-0.4, -0.2) is 22.2 Å². The fourth-order valence-electron chi connectivity index (χ4n) is 2.01. The molecule has 1 aromatic heterocycles. The minimum Gasteiger partial charge on any atom is -0.387 e. The summed E-state index contributed by atoms with van der Waals surface area (Å²) in [7, 11) is 0. The van der Waals surface area contributed by atoms with Gasteiger partial charge in [-0.3, -0.25) is 0 Å². The maximum Gasteiger partial charge on any atom is 0.0914 e. The molecule has 1 heterocycles. The Morgan fingerprint density at radius 2 is 2.06 bits per heavy atom. The van der Waals surface area contributed by atoms with E-state index in [-0.39, 0.29) is 5.54 Å². The van der Waals surface area contributed by atoms with Crippen LogP contribution in [0.1, 0.15) is 38.0 Å². The van der Waals surface area contributed by atoms with Crippen LogP contribution < -0.4 is 5.32 Å². The monoisotopic (exact) mass is 246 g/mol. The molecule has 0 spiro atoms. The van der Waals surface area contributed by atoms with Crippen molar-refractivity contribution in [3.8, 4) is 0 Å². The lowest BCUT2D eigenvalue weighted by Gasteiger charge is -2.23. The van der Waals surface area contributed by atoms with Gasteiger partial charge in [0.1, 0.15) is 0 Å². The third-order valence-corrected chi connectivity index (χ3v) is 3.12. The van der Waals surface area contributed by atoms with Crippen LogP contribution in [0.3, 0.4) is 0 Å². The number of H-pyrrole nitrogens is 1. The molecular weight excluding hydrogens is 224 g/mol. The van der Waals surface area contributed by atoms with Crippen LogP contribution >= 0.6 is 0 Å². The second-order valence-corrected chi connectivity index (χ2v) is 5.92. The molecule has 1 aromatic carbocycles. The molecule has 2 aromatic rings. The summed E-state index contributed by atoms with van der Waals surface area (Å²) in [5.74, 6) is 0. The van der Waals surface area contributed by atoms with E-state index in [1.165, 1.54) is 10.9 Å². The average Bonchev–Trinajstić information content (AvgIpc) is 2.67. The first-order valence-electron chi connectivity index (χ1n) is 6.37. The zero-order chi connectivity index (χ0) is 13.3. The van der Waals surface area contributed by atoms with Crippen molar-refractivity contribution in [3.63, 3.8) is 0 Å². The van der Waals surface area contributed by atoms with E-state index >= 15 is 0 Å². The van der Waals surface area contributed by atoms with Gasteiger partial charge in [0.05, 0.1) is 6.10 Å². The smallest absolute Gasteiger partial charge is 0.0914 e. The van der Waals surface area contributed by atoms with Crippen molar-refractivity contribution in [2.75, 3.05) is 6.54 Å². The molecule has 0 unspecified atom stereocenters. The third-order valence-electron chi connectivity index (χ3n) is 3.12. The molecule has 3 N–H and O–H groups in total. The van der Waals surface area contributed by atoms with Crippen molar-refractivity contribution in [1.82, 2.24) is 10.3 Å². The van der Waals surface area contributed by atoms with Gasteiger partial charge in [0.25, 0.3) is 0 Å². The number of benzene rings is 1. The third kappa shape index (κ3) is 2.92. The molecule has 3 nitrogen and oxygen atoms in total. The number of fused-ring (bicyclic) bond motifs is 1. The van der Waals surface area contributed by atoms with E-state index in [9.17, 15) is 5.11 Å². The van der Waals surface area contributed by atoms with E-state index in [0.29, 0.717) is 6.54 Å². The molecule has 18 heavy (non-hydrogen) atoms. The molecule has 0 bridgehead atoms. The summed E-state index contributed by atoms with van der Waals surface area (Å²) in [4.78, 5) is 3.21. The number of nitrogens with one attached hydrogen (secondary N) is 2. The Hall–Kier alpha value is -1.32. The summed E-state index contributed by atoms with van der Waals surface area (Å²) in [6.45, 7) is 8.93. The number of aromatic nitrogens is 1. The second kappa shape index (κ2) is 4.75. The molecule has 0 aliphatic rings. The van der Waals surface area contributed by atoms with Crippen LogP contribution in [0.15, 0.2) is 24.4 Å². The van der Waals surface area contributed by atoms with Crippen LogP contribution in [-0.2, 0) is 0 Å². The van der Waals surface area contributed by atoms with Crippen molar-refractivity contribution in [3.05, 3.63) is 35.5 Å². The van der Waals surface area contributed by atoms with Gasteiger partial charge < -0.3 is 15.4 Å². The van der Waals surface area contributed by atoms with Crippen LogP contribution in [0.4, 0.5) is 0 Å². The highest BCUT2D eigenvalue weighted by Crippen LogP contribution is 2.22. The van der Waals surface area contributed by atoms with Crippen molar-refractivity contribution in [2.24, 2.45) is 0 Å². The van der Waals surface area contributed by atoms with Gasteiger partial charge in [-0.25, -0.2) is 0 Å². The molecule has 3 heteroatoms. The number of β-amino-alcohol motifs (C(OH)–C–C–N with tert-alkyl or cyclic N) is 1. The van der Waals surface area contributed by atoms with Gasteiger partial charge in [0.2, 0.25) is 0 Å². The molecule has 0 radical (unpaired) electrons. The molecule has 1 atom stereocenters. The van der Waals surface area contributed by atoms with Crippen molar-refractivity contribution < 1.29 is 5.11 Å². The standard InChI is InChI=1S/C15H22N2O/c1-10-8-16-13-6-5-11(7-12(10)13)14(18)9-17-15(2,3)4/h5-8,14,16-18H,9H2,1-4H3/t14-/m0/s1. The Morgan fingerprint density at radius 3 is 2.72 bits per heavy atom. The fraction of sp³-hybridized carbons (Fsp3) is 0.467. The van der Waals surface area contributed by atoms with Crippen LogP contribution in [0.5, 0.6) is 0 Å². The number of hydrogen-bond donors (Lipinski definition) is 3. The van der Waals surface area contributed by atoms with E-state index in [2.05, 4.69) is 44.1 Å². The maximum absolute atomic E-state index is 10.2. The summed E-state index contributed by atoms with van der Waals surface area (Å²) in [5.41, 5.74) is 3.31. The Labute approximate surface area is 108 Å². The topological polar surface area (TPSA) is 48.0 Å². The van der Waals surface area contributed by atoms with Gasteiger partial charge in [-0.05, 0) is 51.0 Å². The first kappa shape index (κ1) is 13.1. The maximum atomic E-state index is 10.2. The number of aliphatic hydroxyl groups excluding tert-OH is 1. The molecule has 0 aliphatic heterocycles. The summed E-state index contributed by atoms with van der Waals surface area (Å²) >= 11 is 0. The first-order chi connectivity index (χ1) is 8.37. The summed E-state index contributed by atoms with van der Waals surface area (Å²) < 4.78 is 0. The molecule has 2 rings (SSSR count). The average molecular weight is 246 g/mol. The van der Waals surface area contributed by atoms with Gasteiger partial charge in [-0.15, -0.1) is 0 Å². The Balaban J connectivity index is 2.17. The second-order valence-electron chi connectivity index (χ2n) is 5.92. The number of hydrogen-bond acceptors (Lipinski definition) is 2. The minimum absolute atomic E-state index is 0.0229. The van der Waals surface area contributed by atoms with Crippen molar-refractivity contribution in [1.29, 1.82) is 0 Å². The Kier molecular flexibility index (Phi) is 3.46. The highest BCUT2D eigenvalue weighted by Gasteiger charge is 2.14. The van der Waals surface area contributed by atoms with Crippen LogP contribution in [0, 0.1) is 6.92 Å². The molecule has 98 valence electrons. The Bertz CT molecular complexity index is 537. The molecule has 0 amide bonds. The predicted octanol–water partition coefficient (Wildman–Crippen LogP) is 2.90. The van der Waals surface area contributed by atoms with Gasteiger partial charge in [-0.2, -0.15) is 0 Å². The van der Waals surface area contributed by atoms with Gasteiger partial charge in [-0.1, -0.05) is 6.07 Å². The quantitative estimate of drug-likeness (QED) is 0.780. The van der Waals surface area contributed by atoms with Gasteiger partial charge in [0.15, 0.2) is 0 Å².